The lowest BCUT2D eigenvalue weighted by Crippen LogP contribution is -2.41. The molecule has 0 amide bonds. The van der Waals surface area contributed by atoms with Crippen molar-refractivity contribution in [3.63, 3.8) is 0 Å². The third kappa shape index (κ3) is 2.94. The molecule has 0 atom stereocenters. The van der Waals surface area contributed by atoms with E-state index in [2.05, 4.69) is 11.1 Å². The van der Waals surface area contributed by atoms with Gasteiger partial charge in [0.2, 0.25) is 0 Å². The summed E-state index contributed by atoms with van der Waals surface area (Å²) in [5.41, 5.74) is 3.21. The van der Waals surface area contributed by atoms with Crippen LogP contribution in [0.4, 0.5) is 0 Å². The lowest BCUT2D eigenvalue weighted by atomic mass is 9.77. The number of benzene rings is 1. The molecule has 1 saturated heterocycles. The number of methoxy groups -OCH3 is 1. The normalized spacial score (nSPS) is 18.7. The van der Waals surface area contributed by atoms with E-state index in [9.17, 15) is 0 Å². The van der Waals surface area contributed by atoms with Crippen LogP contribution in [0.2, 0.25) is 0 Å². The number of nitrogens with zero attached hydrogens (tertiary/aromatic N) is 1. The molecule has 2 heterocycles. The van der Waals surface area contributed by atoms with Gasteiger partial charge in [0, 0.05) is 17.2 Å². The van der Waals surface area contributed by atoms with Gasteiger partial charge in [0.25, 0.3) is 0 Å². The molecule has 24 heavy (non-hydrogen) atoms. The van der Waals surface area contributed by atoms with Crippen LogP contribution in [0.5, 0.6) is 5.75 Å². The van der Waals surface area contributed by atoms with Gasteiger partial charge in [-0.25, -0.2) is 0 Å². The third-order valence-corrected chi connectivity index (χ3v) is 4.95. The Morgan fingerprint density at radius 1 is 1.00 bits per heavy atom. The summed E-state index contributed by atoms with van der Waals surface area (Å²) >= 11 is 0. The molecule has 1 aliphatic heterocycles. The van der Waals surface area contributed by atoms with Gasteiger partial charge in [-0.3, -0.25) is 4.98 Å². The summed E-state index contributed by atoms with van der Waals surface area (Å²) in [5.74, 6) is 0.744. The van der Waals surface area contributed by atoms with E-state index in [1.807, 2.05) is 65.1 Å². The van der Waals surface area contributed by atoms with Crippen molar-refractivity contribution < 1.29 is 14.0 Å². The van der Waals surface area contributed by atoms with Crippen molar-refractivity contribution in [2.45, 2.75) is 45.8 Å². The molecule has 5 heteroatoms. The second kappa shape index (κ2) is 5.90. The Bertz CT molecular complexity index is 725. The summed E-state index contributed by atoms with van der Waals surface area (Å²) in [7, 11) is 1.22. The summed E-state index contributed by atoms with van der Waals surface area (Å²) in [6, 6.07) is 10.1. The van der Waals surface area contributed by atoms with Gasteiger partial charge >= 0.3 is 7.12 Å². The van der Waals surface area contributed by atoms with Crippen LogP contribution in [0.25, 0.3) is 11.3 Å². The highest BCUT2D eigenvalue weighted by Crippen LogP contribution is 2.37. The van der Waals surface area contributed by atoms with Crippen LogP contribution in [-0.4, -0.2) is 30.4 Å². The molecule has 2 aromatic rings. The molecular formula is C19H24BNO3. The fourth-order valence-corrected chi connectivity index (χ4v) is 2.67. The maximum absolute atomic E-state index is 6.14. The first kappa shape index (κ1) is 17.0. The highest BCUT2D eigenvalue weighted by atomic mass is 16.7. The van der Waals surface area contributed by atoms with E-state index in [1.54, 1.807) is 7.11 Å². The average Bonchev–Trinajstić information content (AvgIpc) is 2.75. The molecule has 0 N–H and O–H groups in total. The third-order valence-electron chi connectivity index (χ3n) is 4.95. The van der Waals surface area contributed by atoms with E-state index >= 15 is 0 Å². The first-order valence-electron chi connectivity index (χ1n) is 8.20. The van der Waals surface area contributed by atoms with E-state index in [4.69, 9.17) is 14.0 Å². The number of hydrogen-bond acceptors (Lipinski definition) is 4. The Labute approximate surface area is 144 Å². The van der Waals surface area contributed by atoms with Crippen LogP contribution in [0.3, 0.4) is 0 Å². The Morgan fingerprint density at radius 2 is 1.67 bits per heavy atom. The molecule has 4 nitrogen and oxygen atoms in total. The molecule has 126 valence electrons. The summed E-state index contributed by atoms with van der Waals surface area (Å²) < 4.78 is 17.9. The maximum Gasteiger partial charge on any atom is 0.498 e. The Hall–Kier alpha value is -1.85. The van der Waals surface area contributed by atoms with Crippen molar-refractivity contribution in [3.8, 4) is 17.0 Å². The molecule has 1 aromatic carbocycles. The van der Waals surface area contributed by atoms with Gasteiger partial charge in [0.15, 0.2) is 0 Å². The summed E-state index contributed by atoms with van der Waals surface area (Å²) in [4.78, 5) is 4.48. The second-order valence-corrected chi connectivity index (χ2v) is 7.27. The number of hydrogen-bond donors (Lipinski definition) is 0. The summed E-state index contributed by atoms with van der Waals surface area (Å²) in [5, 5.41) is 0. The van der Waals surface area contributed by atoms with E-state index in [-0.39, 0.29) is 11.2 Å². The lowest BCUT2D eigenvalue weighted by Gasteiger charge is -2.32. The summed E-state index contributed by atoms with van der Waals surface area (Å²) in [6.07, 6.45) is 1.87. The zero-order valence-electron chi connectivity index (χ0n) is 15.2. The standard InChI is InChI=1S/C19H24BNO3/c1-13-7-10-16(21-12-13)14-8-9-15(17(11-14)22-6)20-23-18(2,3)19(4,5)24-20/h7-12H,1-6H3. The van der Waals surface area contributed by atoms with Crippen LogP contribution >= 0.6 is 0 Å². The topological polar surface area (TPSA) is 40.6 Å². The van der Waals surface area contributed by atoms with Gasteiger partial charge in [-0.15, -0.1) is 0 Å². The number of aryl methyl sites for hydroxylation is 1. The van der Waals surface area contributed by atoms with Gasteiger partial charge in [-0.1, -0.05) is 18.2 Å². The Kier molecular flexibility index (Phi) is 4.18. The van der Waals surface area contributed by atoms with Gasteiger partial charge in [0.05, 0.1) is 24.0 Å². The van der Waals surface area contributed by atoms with E-state index in [0.29, 0.717) is 0 Å². The highest BCUT2D eigenvalue weighted by Gasteiger charge is 2.52. The largest absolute Gasteiger partial charge is 0.498 e. The molecule has 0 unspecified atom stereocenters. The van der Waals surface area contributed by atoms with Crippen molar-refractivity contribution in [3.05, 3.63) is 42.1 Å². The summed E-state index contributed by atoms with van der Waals surface area (Å²) in [6.45, 7) is 10.2. The van der Waals surface area contributed by atoms with E-state index in [1.165, 1.54) is 0 Å². The van der Waals surface area contributed by atoms with Crippen LogP contribution in [0.1, 0.15) is 33.3 Å². The van der Waals surface area contributed by atoms with Crippen molar-refractivity contribution in [1.29, 1.82) is 0 Å². The fraction of sp³-hybridized carbons (Fsp3) is 0.421. The van der Waals surface area contributed by atoms with Gasteiger partial charge < -0.3 is 14.0 Å². The molecule has 1 aliphatic rings. The Balaban J connectivity index is 1.95. The average molecular weight is 325 g/mol. The smallest absolute Gasteiger partial charge is 0.497 e. The molecule has 0 bridgehead atoms. The fourth-order valence-electron chi connectivity index (χ4n) is 2.67. The van der Waals surface area contributed by atoms with E-state index in [0.717, 1.165) is 28.0 Å². The first-order chi connectivity index (χ1) is 11.2. The van der Waals surface area contributed by atoms with Crippen molar-refractivity contribution in [2.24, 2.45) is 0 Å². The molecule has 3 rings (SSSR count). The quantitative estimate of drug-likeness (QED) is 0.812. The molecule has 0 aliphatic carbocycles. The maximum atomic E-state index is 6.14. The Morgan fingerprint density at radius 3 is 2.21 bits per heavy atom. The van der Waals surface area contributed by atoms with Gasteiger partial charge in [-0.2, -0.15) is 0 Å². The number of pyridine rings is 1. The zero-order chi connectivity index (χ0) is 17.5. The molecule has 1 fully saturated rings. The first-order valence-corrected chi connectivity index (χ1v) is 8.20. The predicted octanol–water partition coefficient (Wildman–Crippen LogP) is 3.36. The van der Waals surface area contributed by atoms with Crippen molar-refractivity contribution >= 4 is 12.6 Å². The monoisotopic (exact) mass is 325 g/mol. The zero-order valence-corrected chi connectivity index (χ0v) is 15.2. The number of aromatic nitrogens is 1. The van der Waals surface area contributed by atoms with Gasteiger partial charge in [-0.05, 0) is 52.3 Å². The molecule has 1 aromatic heterocycles. The minimum Gasteiger partial charge on any atom is -0.497 e. The number of rotatable bonds is 3. The van der Waals surface area contributed by atoms with Crippen LogP contribution < -0.4 is 10.2 Å². The molecular weight excluding hydrogens is 301 g/mol. The van der Waals surface area contributed by atoms with Crippen LogP contribution in [-0.2, 0) is 9.31 Å². The highest BCUT2D eigenvalue weighted by molar-refractivity contribution is 6.63. The second-order valence-electron chi connectivity index (χ2n) is 7.27. The minimum absolute atomic E-state index is 0.375. The van der Waals surface area contributed by atoms with Crippen LogP contribution in [0.15, 0.2) is 36.5 Å². The molecule has 0 spiro atoms. The van der Waals surface area contributed by atoms with Crippen molar-refractivity contribution in [1.82, 2.24) is 4.98 Å². The van der Waals surface area contributed by atoms with Gasteiger partial charge in [0.1, 0.15) is 5.75 Å². The van der Waals surface area contributed by atoms with E-state index < -0.39 is 7.12 Å². The van der Waals surface area contributed by atoms with Crippen LogP contribution in [0, 0.1) is 6.92 Å². The molecule has 0 saturated carbocycles. The lowest BCUT2D eigenvalue weighted by molar-refractivity contribution is 0.00578. The minimum atomic E-state index is -0.440. The number of ether oxygens (including phenoxy) is 1. The predicted molar refractivity (Wildman–Crippen MR) is 96.7 cm³/mol. The van der Waals surface area contributed by atoms with Crippen molar-refractivity contribution in [2.75, 3.05) is 7.11 Å². The SMILES string of the molecule is COc1cc(-c2ccc(C)cn2)ccc1B1OC(C)(C)C(C)(C)O1. The molecule has 0 radical (unpaired) electrons.